The fraction of sp³-hybridized carbons (Fsp3) is 0.455. The maximum absolute atomic E-state index is 10.7. The van der Waals surface area contributed by atoms with Crippen molar-refractivity contribution in [1.82, 2.24) is 0 Å². The molecule has 1 fully saturated rings. The van der Waals surface area contributed by atoms with E-state index in [0.717, 1.165) is 16.9 Å². The molecular weight excluding hydrogens is 376 g/mol. The van der Waals surface area contributed by atoms with Crippen LogP contribution >= 0.6 is 0 Å². The maximum Gasteiger partial charge on any atom is 0.185 e. The molecule has 0 radical (unpaired) electrons. The van der Waals surface area contributed by atoms with E-state index in [1.165, 1.54) is 7.11 Å². The molecule has 0 bridgehead atoms. The zero-order chi connectivity index (χ0) is 20.6. The predicted octanol–water partition coefficient (Wildman–Crippen LogP) is 2.67. The van der Waals surface area contributed by atoms with Gasteiger partial charge in [0, 0.05) is 19.8 Å². The van der Waals surface area contributed by atoms with Gasteiger partial charge in [0.2, 0.25) is 0 Å². The first-order valence-corrected chi connectivity index (χ1v) is 9.46. The van der Waals surface area contributed by atoms with E-state index in [1.54, 1.807) is 14.2 Å². The van der Waals surface area contributed by atoms with E-state index in [9.17, 15) is 5.11 Å². The van der Waals surface area contributed by atoms with Crippen molar-refractivity contribution >= 4 is 0 Å². The molecule has 0 amide bonds. The first kappa shape index (κ1) is 21.7. The van der Waals surface area contributed by atoms with Gasteiger partial charge in [0.25, 0.3) is 0 Å². The second kappa shape index (κ2) is 10.7. The topological polar surface area (TPSA) is 75.6 Å². The van der Waals surface area contributed by atoms with Gasteiger partial charge in [0.15, 0.2) is 12.6 Å². The van der Waals surface area contributed by atoms with Gasteiger partial charge in [0.1, 0.15) is 24.1 Å². The number of hydrogen-bond acceptors (Lipinski definition) is 7. The Morgan fingerprint density at radius 2 is 1.76 bits per heavy atom. The van der Waals surface area contributed by atoms with E-state index < -0.39 is 30.9 Å². The minimum atomic E-state index is -1.01. The Labute approximate surface area is 171 Å². The minimum absolute atomic E-state index is 0.204. The highest BCUT2D eigenvalue weighted by Crippen LogP contribution is 2.28. The van der Waals surface area contributed by atoms with Crippen molar-refractivity contribution in [3.8, 4) is 5.75 Å². The average molecular weight is 404 g/mol. The van der Waals surface area contributed by atoms with Crippen molar-refractivity contribution in [2.45, 2.75) is 37.5 Å². The molecule has 0 aliphatic carbocycles. The van der Waals surface area contributed by atoms with Crippen LogP contribution in [0.5, 0.6) is 5.75 Å². The second-order valence-electron chi connectivity index (χ2n) is 6.70. The lowest BCUT2D eigenvalue weighted by atomic mass is 10.0. The van der Waals surface area contributed by atoms with E-state index in [1.807, 2.05) is 54.6 Å². The minimum Gasteiger partial charge on any atom is -0.497 e. The Kier molecular flexibility index (Phi) is 8.00. The molecule has 0 saturated carbocycles. The average Bonchev–Trinajstić information content (AvgIpc) is 2.78. The number of hydrogen-bond donors (Lipinski definition) is 1. The molecule has 1 saturated heterocycles. The van der Waals surface area contributed by atoms with Gasteiger partial charge in [-0.3, -0.25) is 0 Å². The van der Waals surface area contributed by atoms with E-state index in [4.69, 9.17) is 28.4 Å². The molecule has 7 nitrogen and oxygen atoms in total. The summed E-state index contributed by atoms with van der Waals surface area (Å²) in [5, 5.41) is 10.7. The summed E-state index contributed by atoms with van der Waals surface area (Å²) in [6.45, 7) is 0.501. The third kappa shape index (κ3) is 5.54. The normalized spacial score (nSPS) is 25.5. The summed E-state index contributed by atoms with van der Waals surface area (Å²) in [6.07, 6.45) is -3.60. The Hall–Kier alpha value is -2.00. The Balaban J connectivity index is 1.71. The van der Waals surface area contributed by atoms with Crippen molar-refractivity contribution in [1.29, 1.82) is 0 Å². The quantitative estimate of drug-likeness (QED) is 0.644. The molecule has 2 unspecified atom stereocenters. The van der Waals surface area contributed by atoms with E-state index in [-0.39, 0.29) is 6.61 Å². The Morgan fingerprint density at radius 1 is 1.03 bits per heavy atom. The molecule has 7 heteroatoms. The third-order valence-electron chi connectivity index (χ3n) is 4.82. The van der Waals surface area contributed by atoms with Gasteiger partial charge in [-0.2, -0.15) is 0 Å². The molecule has 3 rings (SSSR count). The summed E-state index contributed by atoms with van der Waals surface area (Å²) in [6, 6.07) is 17.1. The number of benzene rings is 2. The summed E-state index contributed by atoms with van der Waals surface area (Å²) in [5.74, 6) is 0.770. The van der Waals surface area contributed by atoms with Gasteiger partial charge in [-0.15, -0.1) is 0 Å². The van der Waals surface area contributed by atoms with Crippen molar-refractivity contribution in [2.24, 2.45) is 0 Å². The zero-order valence-electron chi connectivity index (χ0n) is 16.9. The Morgan fingerprint density at radius 3 is 2.38 bits per heavy atom. The van der Waals surface area contributed by atoms with E-state index in [0.29, 0.717) is 6.61 Å². The summed E-state index contributed by atoms with van der Waals surface area (Å²) < 4.78 is 33.7. The van der Waals surface area contributed by atoms with Crippen LogP contribution in [0.2, 0.25) is 0 Å². The smallest absolute Gasteiger partial charge is 0.185 e. The molecular formula is C22H28O7. The SMILES string of the molecule is COc1ccc(COC2[C@@H](O)[C@@H](OC)OC[C@H]2OC(OC)c2ccccc2)cc1. The lowest BCUT2D eigenvalue weighted by Gasteiger charge is -2.40. The van der Waals surface area contributed by atoms with E-state index in [2.05, 4.69) is 0 Å². The molecule has 0 spiro atoms. The van der Waals surface area contributed by atoms with Crippen molar-refractivity contribution < 1.29 is 33.5 Å². The number of methoxy groups -OCH3 is 3. The van der Waals surface area contributed by atoms with Crippen molar-refractivity contribution in [2.75, 3.05) is 27.9 Å². The fourth-order valence-corrected chi connectivity index (χ4v) is 3.24. The van der Waals surface area contributed by atoms with E-state index >= 15 is 0 Å². The number of ether oxygens (including phenoxy) is 6. The zero-order valence-corrected chi connectivity index (χ0v) is 16.9. The Bertz CT molecular complexity index is 722. The molecule has 29 heavy (non-hydrogen) atoms. The van der Waals surface area contributed by atoms with Crippen LogP contribution in [0.25, 0.3) is 0 Å². The molecule has 0 aromatic heterocycles. The monoisotopic (exact) mass is 404 g/mol. The first-order valence-electron chi connectivity index (χ1n) is 9.46. The summed E-state index contributed by atoms with van der Waals surface area (Å²) >= 11 is 0. The molecule has 1 aliphatic heterocycles. The second-order valence-corrected chi connectivity index (χ2v) is 6.70. The van der Waals surface area contributed by atoms with Gasteiger partial charge >= 0.3 is 0 Å². The van der Waals surface area contributed by atoms with Crippen LogP contribution in [-0.2, 0) is 30.3 Å². The van der Waals surface area contributed by atoms with Crippen molar-refractivity contribution in [3.05, 3.63) is 65.7 Å². The van der Waals surface area contributed by atoms with Gasteiger partial charge < -0.3 is 33.5 Å². The molecule has 5 atom stereocenters. The first-order chi connectivity index (χ1) is 14.2. The fourth-order valence-electron chi connectivity index (χ4n) is 3.24. The van der Waals surface area contributed by atoms with Gasteiger partial charge in [-0.1, -0.05) is 42.5 Å². The summed E-state index contributed by atoms with van der Waals surface area (Å²) in [4.78, 5) is 0. The highest BCUT2D eigenvalue weighted by Gasteiger charge is 2.42. The van der Waals surface area contributed by atoms with Gasteiger partial charge in [0.05, 0.1) is 20.3 Å². The molecule has 1 aliphatic rings. The number of rotatable bonds is 9. The summed E-state index contributed by atoms with van der Waals surface area (Å²) in [5.41, 5.74) is 1.82. The number of aliphatic hydroxyl groups is 1. The summed E-state index contributed by atoms with van der Waals surface area (Å²) in [7, 11) is 4.68. The lowest BCUT2D eigenvalue weighted by Crippen LogP contribution is -2.55. The highest BCUT2D eigenvalue weighted by molar-refractivity contribution is 5.26. The largest absolute Gasteiger partial charge is 0.497 e. The maximum atomic E-state index is 10.7. The molecule has 1 N–H and O–H groups in total. The van der Waals surface area contributed by atoms with Gasteiger partial charge in [-0.05, 0) is 17.7 Å². The third-order valence-corrected chi connectivity index (χ3v) is 4.82. The van der Waals surface area contributed by atoms with Crippen LogP contribution in [0.4, 0.5) is 0 Å². The molecule has 2 aromatic rings. The van der Waals surface area contributed by atoms with Crippen LogP contribution < -0.4 is 4.74 Å². The highest BCUT2D eigenvalue weighted by atomic mass is 16.7. The number of aliphatic hydroxyl groups excluding tert-OH is 1. The predicted molar refractivity (Wildman–Crippen MR) is 105 cm³/mol. The molecule has 2 aromatic carbocycles. The molecule has 1 heterocycles. The standard InChI is InChI=1S/C22H28O7/c1-24-17-11-9-15(10-12-17)13-27-20-18(14-28-22(26-3)19(20)23)29-21(25-2)16-7-5-4-6-8-16/h4-12,18-23H,13-14H2,1-3H3/t18-,19-,20?,21?,22+/m1/s1. The lowest BCUT2D eigenvalue weighted by molar-refractivity contribution is -0.302. The van der Waals surface area contributed by atoms with Crippen LogP contribution in [0.3, 0.4) is 0 Å². The van der Waals surface area contributed by atoms with Gasteiger partial charge in [-0.25, -0.2) is 0 Å². The van der Waals surface area contributed by atoms with Crippen LogP contribution in [0.15, 0.2) is 54.6 Å². The molecule has 158 valence electrons. The van der Waals surface area contributed by atoms with Crippen LogP contribution in [0.1, 0.15) is 17.4 Å². The van der Waals surface area contributed by atoms with Crippen LogP contribution in [0, 0.1) is 0 Å². The van der Waals surface area contributed by atoms with Crippen molar-refractivity contribution in [3.63, 3.8) is 0 Å². The van der Waals surface area contributed by atoms with Crippen LogP contribution in [-0.4, -0.2) is 57.6 Å².